The van der Waals surface area contributed by atoms with E-state index in [9.17, 15) is 17.2 Å². The van der Waals surface area contributed by atoms with Crippen LogP contribution in [-0.4, -0.2) is 13.0 Å². The van der Waals surface area contributed by atoms with Gasteiger partial charge >= 0.3 is 0 Å². The fourth-order valence-corrected chi connectivity index (χ4v) is 1.13. The second-order valence-electron chi connectivity index (χ2n) is 2.05. The maximum absolute atomic E-state index is 12.4. The Bertz CT molecular complexity index is 399. The molecule has 0 fully saturated rings. The summed E-state index contributed by atoms with van der Waals surface area (Å²) in [6.45, 7) is 0. The van der Waals surface area contributed by atoms with Crippen LogP contribution >= 0.6 is 0 Å². The smallest absolute Gasteiger partial charge is 0.282 e. The van der Waals surface area contributed by atoms with Gasteiger partial charge in [-0.05, 0) is 18.2 Å². The highest BCUT2D eigenvalue weighted by molar-refractivity contribution is 7.85. The molecule has 0 saturated carbocycles. The number of benzene rings is 1. The topological polar surface area (TPSA) is 54.4 Å². The molecule has 12 heavy (non-hydrogen) atoms. The van der Waals surface area contributed by atoms with Gasteiger partial charge in [-0.1, -0.05) is 0 Å². The SMILES string of the molecule is O=S(=O)(O)c1ccc(F)c(F)c1. The van der Waals surface area contributed by atoms with Crippen molar-refractivity contribution in [3.8, 4) is 0 Å². The van der Waals surface area contributed by atoms with Crippen LogP contribution < -0.4 is 0 Å². The molecule has 0 bridgehead atoms. The quantitative estimate of drug-likeness (QED) is 0.683. The minimum atomic E-state index is -4.45. The number of rotatable bonds is 1. The molecule has 0 aliphatic carbocycles. The van der Waals surface area contributed by atoms with Crippen molar-refractivity contribution < 1.29 is 21.8 Å². The van der Waals surface area contributed by atoms with Crippen molar-refractivity contribution in [2.24, 2.45) is 0 Å². The Hall–Kier alpha value is -1.01. The molecular formula is C6H4F2O3S. The van der Waals surface area contributed by atoms with Crippen LogP contribution in [0.5, 0.6) is 0 Å². The van der Waals surface area contributed by atoms with Gasteiger partial charge in [0.2, 0.25) is 0 Å². The lowest BCUT2D eigenvalue weighted by Gasteiger charge is -1.96. The first-order valence-electron chi connectivity index (χ1n) is 2.84. The molecule has 0 atom stereocenters. The maximum atomic E-state index is 12.4. The van der Waals surface area contributed by atoms with Gasteiger partial charge in [0.05, 0.1) is 4.90 Å². The lowest BCUT2D eigenvalue weighted by Crippen LogP contribution is -1.99. The van der Waals surface area contributed by atoms with Crippen molar-refractivity contribution in [3.63, 3.8) is 0 Å². The van der Waals surface area contributed by atoms with Crippen LogP contribution in [0.4, 0.5) is 8.78 Å². The van der Waals surface area contributed by atoms with Crippen molar-refractivity contribution in [1.29, 1.82) is 0 Å². The summed E-state index contributed by atoms with van der Waals surface area (Å²) in [7, 11) is -4.45. The standard InChI is InChI=1S/C6H4F2O3S/c7-5-2-1-4(3-6(5)8)12(9,10)11/h1-3H,(H,9,10,11). The molecule has 66 valence electrons. The van der Waals surface area contributed by atoms with E-state index in [0.717, 1.165) is 6.07 Å². The van der Waals surface area contributed by atoms with Crippen molar-refractivity contribution in [1.82, 2.24) is 0 Å². The first-order valence-corrected chi connectivity index (χ1v) is 4.28. The lowest BCUT2D eigenvalue weighted by atomic mass is 10.3. The minimum Gasteiger partial charge on any atom is -0.282 e. The monoisotopic (exact) mass is 194 g/mol. The average molecular weight is 194 g/mol. The highest BCUT2D eigenvalue weighted by atomic mass is 32.2. The van der Waals surface area contributed by atoms with E-state index in [1.165, 1.54) is 0 Å². The normalized spacial score (nSPS) is 11.6. The largest absolute Gasteiger partial charge is 0.294 e. The Morgan fingerprint density at radius 2 is 1.75 bits per heavy atom. The summed E-state index contributed by atoms with van der Waals surface area (Å²) in [6, 6.07) is 1.80. The summed E-state index contributed by atoms with van der Waals surface area (Å²) in [4.78, 5) is -0.665. The zero-order valence-corrected chi connectivity index (χ0v) is 6.48. The van der Waals surface area contributed by atoms with E-state index in [0.29, 0.717) is 12.1 Å². The molecule has 0 saturated heterocycles. The Labute approximate surface area is 67.4 Å². The van der Waals surface area contributed by atoms with Crippen molar-refractivity contribution in [3.05, 3.63) is 29.8 Å². The van der Waals surface area contributed by atoms with E-state index in [1.807, 2.05) is 0 Å². The Kier molecular flexibility index (Phi) is 2.12. The Balaban J connectivity index is 3.33. The van der Waals surface area contributed by atoms with Crippen LogP contribution in [0.3, 0.4) is 0 Å². The molecule has 1 N–H and O–H groups in total. The van der Waals surface area contributed by atoms with Crippen LogP contribution in [-0.2, 0) is 10.1 Å². The fourth-order valence-electron chi connectivity index (χ4n) is 0.637. The van der Waals surface area contributed by atoms with Gasteiger partial charge in [-0.15, -0.1) is 0 Å². The number of hydrogen-bond donors (Lipinski definition) is 1. The highest BCUT2D eigenvalue weighted by Gasteiger charge is 2.12. The number of halogens is 2. The van der Waals surface area contributed by atoms with Crippen LogP contribution in [0.1, 0.15) is 0 Å². The van der Waals surface area contributed by atoms with Crippen LogP contribution in [0.25, 0.3) is 0 Å². The van der Waals surface area contributed by atoms with Crippen molar-refractivity contribution >= 4 is 10.1 Å². The Morgan fingerprint density at radius 3 is 2.17 bits per heavy atom. The third-order valence-corrected chi connectivity index (χ3v) is 2.04. The molecule has 0 amide bonds. The van der Waals surface area contributed by atoms with E-state index in [4.69, 9.17) is 4.55 Å². The molecule has 0 spiro atoms. The minimum absolute atomic E-state index is 0.407. The second kappa shape index (κ2) is 2.80. The molecule has 0 unspecified atom stereocenters. The molecule has 1 rings (SSSR count). The first kappa shape index (κ1) is 9.08. The van der Waals surface area contributed by atoms with E-state index in [1.54, 1.807) is 0 Å². The predicted octanol–water partition coefficient (Wildman–Crippen LogP) is 1.21. The van der Waals surface area contributed by atoms with Crippen molar-refractivity contribution in [2.75, 3.05) is 0 Å². The lowest BCUT2D eigenvalue weighted by molar-refractivity contribution is 0.477. The maximum Gasteiger partial charge on any atom is 0.294 e. The van der Waals surface area contributed by atoms with Gasteiger partial charge in [0.1, 0.15) is 0 Å². The van der Waals surface area contributed by atoms with E-state index in [-0.39, 0.29) is 0 Å². The van der Waals surface area contributed by atoms with Crippen LogP contribution in [0.15, 0.2) is 23.1 Å². The summed E-state index contributed by atoms with van der Waals surface area (Å²) >= 11 is 0. The highest BCUT2D eigenvalue weighted by Crippen LogP contribution is 2.12. The average Bonchev–Trinajstić information content (AvgIpc) is 1.92. The molecule has 0 heterocycles. The summed E-state index contributed by atoms with van der Waals surface area (Å²) < 4.78 is 53.7. The zero-order valence-electron chi connectivity index (χ0n) is 5.66. The molecule has 6 heteroatoms. The summed E-state index contributed by atoms with van der Waals surface area (Å²) in [5.41, 5.74) is 0. The van der Waals surface area contributed by atoms with Gasteiger partial charge in [0, 0.05) is 0 Å². The van der Waals surface area contributed by atoms with Gasteiger partial charge in [-0.3, -0.25) is 4.55 Å². The number of hydrogen-bond acceptors (Lipinski definition) is 2. The van der Waals surface area contributed by atoms with Gasteiger partial charge < -0.3 is 0 Å². The second-order valence-corrected chi connectivity index (χ2v) is 3.47. The fraction of sp³-hybridized carbons (Fsp3) is 0. The third kappa shape index (κ3) is 1.77. The van der Waals surface area contributed by atoms with Gasteiger partial charge in [0.25, 0.3) is 10.1 Å². The molecule has 0 aromatic heterocycles. The third-order valence-electron chi connectivity index (χ3n) is 1.19. The molecule has 1 aromatic rings. The molecule has 0 radical (unpaired) electrons. The molecular weight excluding hydrogens is 190 g/mol. The van der Waals surface area contributed by atoms with Gasteiger partial charge in [-0.2, -0.15) is 8.42 Å². The van der Waals surface area contributed by atoms with Gasteiger partial charge in [0.15, 0.2) is 11.6 Å². The van der Waals surface area contributed by atoms with Crippen LogP contribution in [0, 0.1) is 11.6 Å². The van der Waals surface area contributed by atoms with Gasteiger partial charge in [-0.25, -0.2) is 8.78 Å². The molecule has 3 nitrogen and oxygen atoms in total. The predicted molar refractivity (Wildman–Crippen MR) is 36.2 cm³/mol. The summed E-state index contributed by atoms with van der Waals surface area (Å²) in [5, 5.41) is 0. The van der Waals surface area contributed by atoms with E-state index in [2.05, 4.69) is 0 Å². The molecule has 1 aromatic carbocycles. The van der Waals surface area contributed by atoms with E-state index < -0.39 is 26.6 Å². The summed E-state index contributed by atoms with van der Waals surface area (Å²) in [6.07, 6.45) is 0. The van der Waals surface area contributed by atoms with Crippen LogP contribution in [0.2, 0.25) is 0 Å². The summed E-state index contributed by atoms with van der Waals surface area (Å²) in [5.74, 6) is -2.48. The molecule has 0 aliphatic heterocycles. The van der Waals surface area contributed by atoms with E-state index >= 15 is 0 Å². The molecule has 0 aliphatic rings. The zero-order chi connectivity index (χ0) is 9.35. The van der Waals surface area contributed by atoms with Crippen molar-refractivity contribution in [2.45, 2.75) is 4.90 Å². The first-order chi connectivity index (χ1) is 5.41. The Morgan fingerprint density at radius 1 is 1.17 bits per heavy atom.